The van der Waals surface area contributed by atoms with E-state index in [4.69, 9.17) is 0 Å². The molecule has 1 aromatic carbocycles. The number of benzene rings is 1. The van der Waals surface area contributed by atoms with E-state index in [1.807, 2.05) is 23.6 Å². The molecule has 1 aromatic heterocycles. The molecule has 0 aliphatic heterocycles. The number of carbonyl (C=O) groups is 2. The molecule has 2 amide bonds. The highest BCUT2D eigenvalue weighted by atomic mass is 32.1. The highest BCUT2D eigenvalue weighted by molar-refractivity contribution is 7.12. The van der Waals surface area contributed by atoms with Crippen molar-refractivity contribution in [3.63, 3.8) is 0 Å². The molecule has 0 fully saturated rings. The number of hydrogen-bond acceptors (Lipinski definition) is 3. The van der Waals surface area contributed by atoms with E-state index in [1.165, 1.54) is 11.3 Å². The van der Waals surface area contributed by atoms with Crippen molar-refractivity contribution in [3.05, 3.63) is 57.8 Å². The second kappa shape index (κ2) is 6.15. The minimum Gasteiger partial charge on any atom is -0.355 e. The van der Waals surface area contributed by atoms with Crippen molar-refractivity contribution in [1.29, 1.82) is 0 Å². The van der Waals surface area contributed by atoms with Gasteiger partial charge in [0.1, 0.15) is 0 Å². The van der Waals surface area contributed by atoms with Crippen LogP contribution in [0.2, 0.25) is 0 Å². The lowest BCUT2D eigenvalue weighted by Crippen LogP contribution is -2.22. The van der Waals surface area contributed by atoms with Gasteiger partial charge in [0.05, 0.1) is 4.88 Å². The Morgan fingerprint density at radius 2 is 1.84 bits per heavy atom. The number of nitrogens with one attached hydrogen (secondary N) is 2. The molecule has 98 valence electrons. The average molecular weight is 274 g/mol. The molecule has 2 N–H and O–H groups in total. The molecule has 0 unspecified atom stereocenters. The fourth-order valence-corrected chi connectivity index (χ4v) is 2.24. The molecular weight excluding hydrogens is 260 g/mol. The maximum absolute atomic E-state index is 11.7. The van der Waals surface area contributed by atoms with Gasteiger partial charge < -0.3 is 10.6 Å². The Bertz CT molecular complexity index is 562. The molecule has 2 rings (SSSR count). The molecule has 19 heavy (non-hydrogen) atoms. The molecule has 0 aliphatic rings. The summed E-state index contributed by atoms with van der Waals surface area (Å²) in [7, 11) is 1.59. The van der Waals surface area contributed by atoms with Gasteiger partial charge in [0.2, 0.25) is 0 Å². The van der Waals surface area contributed by atoms with E-state index in [0.717, 1.165) is 5.56 Å². The van der Waals surface area contributed by atoms with E-state index in [2.05, 4.69) is 10.6 Å². The van der Waals surface area contributed by atoms with Gasteiger partial charge in [0.15, 0.2) is 0 Å². The zero-order valence-electron chi connectivity index (χ0n) is 10.5. The van der Waals surface area contributed by atoms with Crippen molar-refractivity contribution in [2.75, 3.05) is 7.05 Å². The van der Waals surface area contributed by atoms with Crippen LogP contribution in [0.4, 0.5) is 0 Å². The van der Waals surface area contributed by atoms with Gasteiger partial charge in [0, 0.05) is 19.2 Å². The second-order valence-corrected chi connectivity index (χ2v) is 4.88. The van der Waals surface area contributed by atoms with E-state index in [-0.39, 0.29) is 11.8 Å². The van der Waals surface area contributed by atoms with E-state index < -0.39 is 0 Å². The van der Waals surface area contributed by atoms with Crippen molar-refractivity contribution >= 4 is 23.2 Å². The summed E-state index contributed by atoms with van der Waals surface area (Å²) in [5.41, 5.74) is 1.56. The standard InChI is InChI=1S/C14H14N2O2S/c1-15-13(17)11-6-4-10(5-7-11)9-16-14(18)12-3-2-8-19-12/h2-8H,9H2,1H3,(H,15,17)(H,16,18). The van der Waals surface area contributed by atoms with Crippen LogP contribution < -0.4 is 10.6 Å². The van der Waals surface area contributed by atoms with E-state index in [9.17, 15) is 9.59 Å². The van der Waals surface area contributed by atoms with Crippen molar-refractivity contribution in [2.24, 2.45) is 0 Å². The third-order valence-corrected chi connectivity index (χ3v) is 3.51. The molecule has 0 saturated heterocycles. The Hall–Kier alpha value is -2.14. The van der Waals surface area contributed by atoms with Gasteiger partial charge >= 0.3 is 0 Å². The molecule has 4 nitrogen and oxygen atoms in total. The maximum atomic E-state index is 11.7. The third-order valence-electron chi connectivity index (χ3n) is 2.64. The summed E-state index contributed by atoms with van der Waals surface area (Å²) >= 11 is 1.41. The van der Waals surface area contributed by atoms with Crippen molar-refractivity contribution in [2.45, 2.75) is 6.54 Å². The van der Waals surface area contributed by atoms with Crippen molar-refractivity contribution in [3.8, 4) is 0 Å². The Morgan fingerprint density at radius 3 is 2.42 bits per heavy atom. The summed E-state index contributed by atoms with van der Waals surface area (Å²) in [6.07, 6.45) is 0. The fourth-order valence-electron chi connectivity index (χ4n) is 1.60. The summed E-state index contributed by atoms with van der Waals surface area (Å²) in [4.78, 5) is 23.8. The first kappa shape index (κ1) is 13.3. The smallest absolute Gasteiger partial charge is 0.261 e. The Balaban J connectivity index is 1.93. The van der Waals surface area contributed by atoms with Crippen LogP contribution in [0.25, 0.3) is 0 Å². The van der Waals surface area contributed by atoms with Crippen molar-refractivity contribution < 1.29 is 9.59 Å². The first-order chi connectivity index (χ1) is 9.20. The molecule has 0 bridgehead atoms. The number of hydrogen-bond donors (Lipinski definition) is 2. The predicted molar refractivity (Wildman–Crippen MR) is 75.3 cm³/mol. The molecule has 0 aliphatic carbocycles. The van der Waals surface area contributed by atoms with Gasteiger partial charge in [-0.15, -0.1) is 11.3 Å². The van der Waals surface area contributed by atoms with E-state index >= 15 is 0 Å². The second-order valence-electron chi connectivity index (χ2n) is 3.94. The largest absolute Gasteiger partial charge is 0.355 e. The summed E-state index contributed by atoms with van der Waals surface area (Å²) in [5, 5.41) is 7.27. The van der Waals surface area contributed by atoms with Crippen LogP contribution in [0.3, 0.4) is 0 Å². The van der Waals surface area contributed by atoms with Crippen LogP contribution >= 0.6 is 11.3 Å². The molecule has 0 radical (unpaired) electrons. The van der Waals surface area contributed by atoms with E-state index in [1.54, 1.807) is 25.2 Å². The SMILES string of the molecule is CNC(=O)c1ccc(CNC(=O)c2cccs2)cc1. The normalized spacial score (nSPS) is 9.95. The summed E-state index contributed by atoms with van der Waals surface area (Å²) in [5.74, 6) is -0.195. The first-order valence-electron chi connectivity index (χ1n) is 5.83. The molecule has 5 heteroatoms. The minimum atomic E-state index is -0.117. The van der Waals surface area contributed by atoms with Gasteiger partial charge in [0.25, 0.3) is 11.8 Å². The van der Waals surface area contributed by atoms with Crippen LogP contribution in [0.1, 0.15) is 25.6 Å². The lowest BCUT2D eigenvalue weighted by atomic mass is 10.1. The fraction of sp³-hybridized carbons (Fsp3) is 0.143. The molecule has 0 saturated carbocycles. The van der Waals surface area contributed by atoms with Crippen LogP contribution in [0.15, 0.2) is 41.8 Å². The number of rotatable bonds is 4. The topological polar surface area (TPSA) is 58.2 Å². The van der Waals surface area contributed by atoms with Gasteiger partial charge in [-0.05, 0) is 29.1 Å². The quantitative estimate of drug-likeness (QED) is 0.896. The molecule has 0 atom stereocenters. The molecule has 1 heterocycles. The zero-order valence-corrected chi connectivity index (χ0v) is 11.3. The van der Waals surface area contributed by atoms with Crippen LogP contribution in [-0.2, 0) is 6.54 Å². The van der Waals surface area contributed by atoms with Gasteiger partial charge in [-0.3, -0.25) is 9.59 Å². The maximum Gasteiger partial charge on any atom is 0.261 e. The highest BCUT2D eigenvalue weighted by Crippen LogP contribution is 2.09. The summed E-state index contributed by atoms with van der Waals surface area (Å²) in [6, 6.07) is 10.8. The minimum absolute atomic E-state index is 0.0784. The lowest BCUT2D eigenvalue weighted by Gasteiger charge is -2.05. The number of amides is 2. The number of carbonyl (C=O) groups excluding carboxylic acids is 2. The summed E-state index contributed by atoms with van der Waals surface area (Å²) in [6.45, 7) is 0.449. The Morgan fingerprint density at radius 1 is 1.11 bits per heavy atom. The number of thiophene rings is 1. The molecule has 2 aromatic rings. The lowest BCUT2D eigenvalue weighted by molar-refractivity contribution is 0.0949. The van der Waals surface area contributed by atoms with Crippen molar-refractivity contribution in [1.82, 2.24) is 10.6 Å². The average Bonchev–Trinajstić information content (AvgIpc) is 2.98. The predicted octanol–water partition coefficient (Wildman–Crippen LogP) is 2.04. The van der Waals surface area contributed by atoms with Gasteiger partial charge in [-0.1, -0.05) is 18.2 Å². The monoisotopic (exact) mass is 274 g/mol. The molecule has 0 spiro atoms. The first-order valence-corrected chi connectivity index (χ1v) is 6.71. The van der Waals surface area contributed by atoms with E-state index in [0.29, 0.717) is 17.0 Å². The molecular formula is C14H14N2O2S. The van der Waals surface area contributed by atoms with Gasteiger partial charge in [-0.25, -0.2) is 0 Å². The van der Waals surface area contributed by atoms with Crippen LogP contribution in [-0.4, -0.2) is 18.9 Å². The zero-order chi connectivity index (χ0) is 13.7. The van der Waals surface area contributed by atoms with Crippen LogP contribution in [0, 0.1) is 0 Å². The summed E-state index contributed by atoms with van der Waals surface area (Å²) < 4.78 is 0. The Kier molecular flexibility index (Phi) is 4.30. The Labute approximate surface area is 115 Å². The van der Waals surface area contributed by atoms with Gasteiger partial charge in [-0.2, -0.15) is 0 Å². The third kappa shape index (κ3) is 3.42. The van der Waals surface area contributed by atoms with Crippen LogP contribution in [0.5, 0.6) is 0 Å². The highest BCUT2D eigenvalue weighted by Gasteiger charge is 2.06.